The summed E-state index contributed by atoms with van der Waals surface area (Å²) in [6, 6.07) is 11.8. The first-order chi connectivity index (χ1) is 14.1. The van der Waals surface area contributed by atoms with Gasteiger partial charge < -0.3 is 15.0 Å². The van der Waals surface area contributed by atoms with Crippen LogP contribution in [0.4, 0.5) is 21.6 Å². The molecule has 0 aliphatic carbocycles. The second-order valence-electron chi connectivity index (χ2n) is 6.94. The minimum absolute atomic E-state index is 0.246. The number of nitrogens with zero attached hydrogens (tertiary/aromatic N) is 3. The highest BCUT2D eigenvalue weighted by Gasteiger charge is 2.24. The van der Waals surface area contributed by atoms with Gasteiger partial charge in [0.25, 0.3) is 0 Å². The molecule has 4 rings (SSSR count). The summed E-state index contributed by atoms with van der Waals surface area (Å²) in [7, 11) is 0. The first-order valence-corrected chi connectivity index (χ1v) is 10.0. The summed E-state index contributed by atoms with van der Waals surface area (Å²) in [5.74, 6) is 1.04. The molecule has 1 aromatic heterocycles. The molecule has 2 aromatic carbocycles. The van der Waals surface area contributed by atoms with Crippen LogP contribution in [0, 0.1) is 5.82 Å². The molecule has 5 nitrogen and oxygen atoms in total. The lowest BCUT2D eigenvalue weighted by Crippen LogP contribution is -2.22. The molecule has 0 fully saturated rings. The summed E-state index contributed by atoms with van der Waals surface area (Å²) in [5.41, 5.74) is 3.70. The van der Waals surface area contributed by atoms with Gasteiger partial charge in [-0.1, -0.05) is 30.7 Å². The lowest BCUT2D eigenvalue weighted by molar-refractivity contribution is 0.306. The van der Waals surface area contributed by atoms with E-state index in [9.17, 15) is 4.39 Å². The number of hydrogen-bond donors (Lipinski definition) is 1. The van der Waals surface area contributed by atoms with Crippen molar-refractivity contribution in [3.05, 3.63) is 70.9 Å². The van der Waals surface area contributed by atoms with E-state index in [1.807, 2.05) is 12.1 Å². The Morgan fingerprint density at radius 3 is 2.90 bits per heavy atom. The fourth-order valence-corrected chi connectivity index (χ4v) is 3.72. The first kappa shape index (κ1) is 19.5. The molecular weight excluding hydrogens is 391 g/mol. The molecule has 0 spiro atoms. The molecular formula is C22H22ClFN4O. The maximum absolute atomic E-state index is 13.3. The topological polar surface area (TPSA) is 50.3 Å². The fraction of sp³-hybridized carbons (Fsp3) is 0.273. The van der Waals surface area contributed by atoms with Crippen LogP contribution in [0.1, 0.15) is 24.6 Å². The van der Waals surface area contributed by atoms with E-state index in [1.54, 1.807) is 24.5 Å². The van der Waals surface area contributed by atoms with Crippen LogP contribution in [0.2, 0.25) is 5.02 Å². The number of halogens is 2. The van der Waals surface area contributed by atoms with E-state index in [0.717, 1.165) is 54.4 Å². The molecule has 0 saturated carbocycles. The Hall–Kier alpha value is -2.86. The molecule has 1 aliphatic heterocycles. The average molecular weight is 413 g/mol. The SMILES string of the molecule is CCCN1CCc2ncnc(Nc3ccc(OCc4cccc(F)c4)c(Cl)c3)c21. The fourth-order valence-electron chi connectivity index (χ4n) is 3.49. The smallest absolute Gasteiger partial charge is 0.157 e. The molecule has 0 unspecified atom stereocenters. The molecule has 0 radical (unpaired) electrons. The van der Waals surface area contributed by atoms with E-state index in [2.05, 4.69) is 27.1 Å². The van der Waals surface area contributed by atoms with E-state index in [1.165, 1.54) is 12.1 Å². The van der Waals surface area contributed by atoms with Crippen molar-refractivity contribution in [2.45, 2.75) is 26.4 Å². The van der Waals surface area contributed by atoms with Gasteiger partial charge in [-0.25, -0.2) is 14.4 Å². The third-order valence-corrected chi connectivity index (χ3v) is 5.10. The van der Waals surface area contributed by atoms with Crippen LogP contribution in [0.15, 0.2) is 48.8 Å². The molecule has 1 N–H and O–H groups in total. The maximum atomic E-state index is 13.3. The first-order valence-electron chi connectivity index (χ1n) is 9.66. The number of rotatable bonds is 7. The van der Waals surface area contributed by atoms with E-state index < -0.39 is 0 Å². The highest BCUT2D eigenvalue weighted by atomic mass is 35.5. The lowest BCUT2D eigenvalue weighted by Gasteiger charge is -2.21. The summed E-state index contributed by atoms with van der Waals surface area (Å²) in [4.78, 5) is 11.2. The molecule has 7 heteroatoms. The lowest BCUT2D eigenvalue weighted by atomic mass is 10.2. The molecule has 0 atom stereocenters. The molecule has 1 aliphatic rings. The predicted molar refractivity (Wildman–Crippen MR) is 114 cm³/mol. The zero-order valence-corrected chi connectivity index (χ0v) is 16.9. The standard InChI is InChI=1S/C22H22ClFN4O/c1-2-9-28-10-8-19-21(28)22(26-14-25-19)27-17-6-7-20(18(23)12-17)29-13-15-4-3-5-16(24)11-15/h3-7,11-12,14H,2,8-10,13H2,1H3,(H,25,26,27). The Labute approximate surface area is 174 Å². The Kier molecular flexibility index (Phi) is 5.81. The van der Waals surface area contributed by atoms with Crippen molar-refractivity contribution < 1.29 is 9.13 Å². The van der Waals surface area contributed by atoms with Crippen molar-refractivity contribution in [1.29, 1.82) is 0 Å². The van der Waals surface area contributed by atoms with Gasteiger partial charge in [0.2, 0.25) is 0 Å². The quantitative estimate of drug-likeness (QED) is 0.565. The monoisotopic (exact) mass is 412 g/mol. The number of benzene rings is 2. The van der Waals surface area contributed by atoms with Crippen molar-refractivity contribution in [2.75, 3.05) is 23.3 Å². The van der Waals surface area contributed by atoms with Gasteiger partial charge in [-0.3, -0.25) is 0 Å². The number of anilines is 3. The third kappa shape index (κ3) is 4.43. The van der Waals surface area contributed by atoms with Crippen molar-refractivity contribution in [1.82, 2.24) is 9.97 Å². The number of aromatic nitrogens is 2. The number of nitrogens with one attached hydrogen (secondary N) is 1. The molecule has 0 bridgehead atoms. The maximum Gasteiger partial charge on any atom is 0.157 e. The van der Waals surface area contributed by atoms with Gasteiger partial charge in [-0.05, 0) is 42.3 Å². The van der Waals surface area contributed by atoms with Crippen molar-refractivity contribution >= 4 is 28.8 Å². The van der Waals surface area contributed by atoms with E-state index in [-0.39, 0.29) is 12.4 Å². The second-order valence-corrected chi connectivity index (χ2v) is 7.35. The van der Waals surface area contributed by atoms with E-state index in [0.29, 0.717) is 10.8 Å². The van der Waals surface area contributed by atoms with Gasteiger partial charge in [0.1, 0.15) is 30.2 Å². The van der Waals surface area contributed by atoms with Gasteiger partial charge in [-0.15, -0.1) is 0 Å². The van der Waals surface area contributed by atoms with Crippen LogP contribution < -0.4 is 15.0 Å². The van der Waals surface area contributed by atoms with E-state index >= 15 is 0 Å². The van der Waals surface area contributed by atoms with Gasteiger partial charge >= 0.3 is 0 Å². The Bertz CT molecular complexity index is 1010. The van der Waals surface area contributed by atoms with Gasteiger partial charge in [-0.2, -0.15) is 0 Å². The second kappa shape index (κ2) is 8.66. The number of ether oxygens (including phenoxy) is 1. The largest absolute Gasteiger partial charge is 0.487 e. The van der Waals surface area contributed by atoms with Crippen LogP contribution in [-0.2, 0) is 13.0 Å². The Morgan fingerprint density at radius 2 is 2.10 bits per heavy atom. The van der Waals surface area contributed by atoms with Crippen molar-refractivity contribution in [3.8, 4) is 5.75 Å². The molecule has 150 valence electrons. The zero-order valence-electron chi connectivity index (χ0n) is 16.2. The Morgan fingerprint density at radius 1 is 1.21 bits per heavy atom. The number of fused-ring (bicyclic) bond motifs is 1. The third-order valence-electron chi connectivity index (χ3n) is 4.80. The predicted octanol–water partition coefficient (Wildman–Crippen LogP) is 5.36. The van der Waals surface area contributed by atoms with Gasteiger partial charge in [0.05, 0.1) is 10.7 Å². The minimum Gasteiger partial charge on any atom is -0.487 e. The summed E-state index contributed by atoms with van der Waals surface area (Å²) in [6.45, 7) is 4.35. The van der Waals surface area contributed by atoms with Crippen LogP contribution in [-0.4, -0.2) is 23.1 Å². The average Bonchev–Trinajstić information content (AvgIpc) is 3.12. The van der Waals surface area contributed by atoms with Crippen LogP contribution in [0.3, 0.4) is 0 Å². The summed E-state index contributed by atoms with van der Waals surface area (Å²) in [6.07, 6.45) is 3.59. The molecule has 0 amide bonds. The highest BCUT2D eigenvalue weighted by molar-refractivity contribution is 6.32. The zero-order chi connectivity index (χ0) is 20.2. The number of hydrogen-bond acceptors (Lipinski definition) is 5. The summed E-state index contributed by atoms with van der Waals surface area (Å²) >= 11 is 6.41. The van der Waals surface area contributed by atoms with Crippen LogP contribution in [0.5, 0.6) is 5.75 Å². The molecule has 0 saturated heterocycles. The normalized spacial score (nSPS) is 12.7. The highest BCUT2D eigenvalue weighted by Crippen LogP contribution is 2.36. The van der Waals surface area contributed by atoms with Crippen molar-refractivity contribution in [2.24, 2.45) is 0 Å². The summed E-state index contributed by atoms with van der Waals surface area (Å²) in [5, 5.41) is 3.83. The van der Waals surface area contributed by atoms with Crippen LogP contribution >= 0.6 is 11.6 Å². The molecule has 29 heavy (non-hydrogen) atoms. The van der Waals surface area contributed by atoms with Crippen LogP contribution in [0.25, 0.3) is 0 Å². The van der Waals surface area contributed by atoms with Gasteiger partial charge in [0.15, 0.2) is 5.82 Å². The molecule has 3 aromatic rings. The molecule has 2 heterocycles. The Balaban J connectivity index is 1.49. The van der Waals surface area contributed by atoms with Crippen molar-refractivity contribution in [3.63, 3.8) is 0 Å². The van der Waals surface area contributed by atoms with Gasteiger partial charge in [0, 0.05) is 25.2 Å². The minimum atomic E-state index is -0.286. The van der Waals surface area contributed by atoms with E-state index in [4.69, 9.17) is 16.3 Å². The summed E-state index contributed by atoms with van der Waals surface area (Å²) < 4.78 is 19.0.